The number of hydrogen-bond acceptors (Lipinski definition) is 4. The minimum atomic E-state index is -3.03. The summed E-state index contributed by atoms with van der Waals surface area (Å²) >= 11 is 1.41. The molecule has 0 aliphatic rings. The molecular formula is C15H19NO2S2. The molecule has 0 N–H and O–H groups in total. The average molecular weight is 309 g/mol. The maximum atomic E-state index is 11.3. The van der Waals surface area contributed by atoms with Crippen molar-refractivity contribution in [3.63, 3.8) is 0 Å². The smallest absolute Gasteiger partial charge is 0.153 e. The molecule has 20 heavy (non-hydrogen) atoms. The van der Waals surface area contributed by atoms with E-state index in [2.05, 4.69) is 38.7 Å². The van der Waals surface area contributed by atoms with E-state index in [0.717, 1.165) is 11.3 Å². The summed E-state index contributed by atoms with van der Waals surface area (Å²) in [4.78, 5) is 4.48. The summed E-state index contributed by atoms with van der Waals surface area (Å²) in [6.07, 6.45) is 1.24. The summed E-state index contributed by atoms with van der Waals surface area (Å²) in [5.74, 6) is 0.0144. The molecule has 0 aliphatic carbocycles. The molecule has 108 valence electrons. The minimum Gasteiger partial charge on any atom is -0.240 e. The number of thiazole rings is 1. The van der Waals surface area contributed by atoms with Gasteiger partial charge in [0.05, 0.1) is 5.69 Å². The largest absolute Gasteiger partial charge is 0.240 e. The van der Waals surface area contributed by atoms with Gasteiger partial charge in [0.1, 0.15) is 10.8 Å². The van der Waals surface area contributed by atoms with E-state index in [1.54, 1.807) is 0 Å². The van der Waals surface area contributed by atoms with E-state index in [1.165, 1.54) is 39.8 Å². The predicted molar refractivity (Wildman–Crippen MR) is 85.0 cm³/mol. The van der Waals surface area contributed by atoms with Crippen molar-refractivity contribution in [2.45, 2.75) is 33.4 Å². The molecule has 1 aromatic heterocycles. The van der Waals surface area contributed by atoms with Crippen molar-refractivity contribution in [2.24, 2.45) is 0 Å². The average Bonchev–Trinajstić information content (AvgIpc) is 2.77. The van der Waals surface area contributed by atoms with Crippen molar-refractivity contribution >= 4 is 21.2 Å². The molecule has 0 fully saturated rings. The summed E-state index contributed by atoms with van der Waals surface area (Å²) in [6, 6.07) is 2.14. The third-order valence-corrected chi connectivity index (χ3v) is 5.52. The molecule has 2 aromatic rings. The fourth-order valence-electron chi connectivity index (χ4n) is 2.20. The van der Waals surface area contributed by atoms with Crippen LogP contribution in [0.2, 0.25) is 0 Å². The molecule has 1 heterocycles. The second kappa shape index (κ2) is 5.30. The van der Waals surface area contributed by atoms with Crippen molar-refractivity contribution in [3.05, 3.63) is 38.7 Å². The van der Waals surface area contributed by atoms with Gasteiger partial charge in [-0.2, -0.15) is 0 Å². The van der Waals surface area contributed by atoms with Crippen LogP contribution < -0.4 is 0 Å². The highest BCUT2D eigenvalue weighted by molar-refractivity contribution is 7.90. The number of aromatic nitrogens is 1. The molecule has 0 spiro atoms. The maximum absolute atomic E-state index is 11.3. The number of sulfone groups is 1. The van der Waals surface area contributed by atoms with Crippen molar-refractivity contribution in [1.29, 1.82) is 0 Å². The van der Waals surface area contributed by atoms with E-state index >= 15 is 0 Å². The van der Waals surface area contributed by atoms with Crippen LogP contribution in [0.4, 0.5) is 0 Å². The fraction of sp³-hybridized carbons (Fsp3) is 0.400. The van der Waals surface area contributed by atoms with E-state index in [4.69, 9.17) is 0 Å². The lowest BCUT2D eigenvalue weighted by atomic mass is 9.93. The maximum Gasteiger partial charge on any atom is 0.153 e. The lowest BCUT2D eigenvalue weighted by molar-refractivity contribution is 0.601. The summed E-state index contributed by atoms with van der Waals surface area (Å²) in [5, 5.41) is 2.59. The van der Waals surface area contributed by atoms with Crippen LogP contribution in [0.25, 0.3) is 11.3 Å². The third-order valence-electron chi connectivity index (χ3n) is 3.69. The lowest BCUT2D eigenvalue weighted by Crippen LogP contribution is -2.00. The topological polar surface area (TPSA) is 47.0 Å². The highest BCUT2D eigenvalue weighted by atomic mass is 32.2. The van der Waals surface area contributed by atoms with Gasteiger partial charge in [0, 0.05) is 17.2 Å². The SMILES string of the molecule is Cc1cc(-c2csc(CS(C)(=O)=O)n2)c(C)c(C)c1C. The van der Waals surface area contributed by atoms with Gasteiger partial charge in [0.15, 0.2) is 9.84 Å². The van der Waals surface area contributed by atoms with Gasteiger partial charge in [-0.25, -0.2) is 13.4 Å². The molecule has 0 aliphatic heterocycles. The van der Waals surface area contributed by atoms with Crippen LogP contribution in [0.1, 0.15) is 27.3 Å². The molecule has 0 unspecified atom stereocenters. The molecular weight excluding hydrogens is 290 g/mol. The Kier molecular flexibility index (Phi) is 4.02. The van der Waals surface area contributed by atoms with Crippen molar-refractivity contribution in [2.75, 3.05) is 6.26 Å². The van der Waals surface area contributed by atoms with Gasteiger partial charge in [-0.05, 0) is 56.0 Å². The van der Waals surface area contributed by atoms with Crippen LogP contribution in [0.3, 0.4) is 0 Å². The molecule has 1 aromatic carbocycles. The van der Waals surface area contributed by atoms with Crippen LogP contribution in [-0.4, -0.2) is 19.7 Å². The second-order valence-corrected chi connectivity index (χ2v) is 8.40. The first-order valence-corrected chi connectivity index (χ1v) is 9.33. The van der Waals surface area contributed by atoms with Gasteiger partial charge in [-0.1, -0.05) is 0 Å². The zero-order valence-electron chi connectivity index (χ0n) is 12.4. The zero-order valence-corrected chi connectivity index (χ0v) is 14.1. The van der Waals surface area contributed by atoms with Gasteiger partial charge < -0.3 is 0 Å². The molecule has 0 bridgehead atoms. The van der Waals surface area contributed by atoms with Crippen LogP contribution in [0, 0.1) is 27.7 Å². The van der Waals surface area contributed by atoms with Crippen molar-refractivity contribution in [1.82, 2.24) is 4.98 Å². The van der Waals surface area contributed by atoms with Gasteiger partial charge >= 0.3 is 0 Å². The quantitative estimate of drug-likeness (QED) is 0.870. The summed E-state index contributed by atoms with van der Waals surface area (Å²) in [7, 11) is -3.03. The van der Waals surface area contributed by atoms with Crippen molar-refractivity contribution < 1.29 is 8.42 Å². The van der Waals surface area contributed by atoms with Crippen molar-refractivity contribution in [3.8, 4) is 11.3 Å². The number of aryl methyl sites for hydroxylation is 1. The standard InChI is InChI=1S/C15H19NO2S2/c1-9-6-13(12(4)11(3)10(9)2)14-7-19-15(16-14)8-20(5,17)18/h6-7H,8H2,1-5H3. The Hall–Kier alpha value is -1.20. The highest BCUT2D eigenvalue weighted by Gasteiger charge is 2.14. The summed E-state index contributed by atoms with van der Waals surface area (Å²) in [6.45, 7) is 8.42. The molecule has 0 saturated carbocycles. The van der Waals surface area contributed by atoms with Gasteiger partial charge in [-0.3, -0.25) is 0 Å². The van der Waals surface area contributed by atoms with Crippen LogP contribution in [0.15, 0.2) is 11.4 Å². The van der Waals surface area contributed by atoms with Gasteiger partial charge in [0.25, 0.3) is 0 Å². The van der Waals surface area contributed by atoms with Crippen LogP contribution in [0.5, 0.6) is 0 Å². The van der Waals surface area contributed by atoms with E-state index in [9.17, 15) is 8.42 Å². The number of benzene rings is 1. The predicted octanol–water partition coefficient (Wildman–Crippen LogP) is 3.59. The molecule has 3 nitrogen and oxygen atoms in total. The molecule has 0 saturated heterocycles. The minimum absolute atomic E-state index is 0.0144. The second-order valence-electron chi connectivity index (χ2n) is 5.31. The van der Waals surface area contributed by atoms with Gasteiger partial charge in [0.2, 0.25) is 0 Å². The Balaban J connectivity index is 2.48. The van der Waals surface area contributed by atoms with Crippen LogP contribution in [-0.2, 0) is 15.6 Å². The summed E-state index contributed by atoms with van der Waals surface area (Å²) in [5.41, 5.74) is 7.00. The Morgan fingerprint density at radius 2 is 1.75 bits per heavy atom. The van der Waals surface area contributed by atoms with Gasteiger partial charge in [-0.15, -0.1) is 11.3 Å². The first-order valence-electron chi connectivity index (χ1n) is 6.39. The first-order chi connectivity index (χ1) is 9.19. The number of rotatable bonds is 3. The van der Waals surface area contributed by atoms with E-state index in [-0.39, 0.29) is 5.75 Å². The Morgan fingerprint density at radius 3 is 2.35 bits per heavy atom. The molecule has 0 radical (unpaired) electrons. The summed E-state index contributed by atoms with van der Waals surface area (Å²) < 4.78 is 22.7. The Bertz CT molecular complexity index is 758. The van der Waals surface area contributed by atoms with E-state index < -0.39 is 9.84 Å². The third kappa shape index (κ3) is 3.10. The Morgan fingerprint density at radius 1 is 1.10 bits per heavy atom. The first kappa shape index (κ1) is 15.2. The highest BCUT2D eigenvalue weighted by Crippen LogP contribution is 2.30. The lowest BCUT2D eigenvalue weighted by Gasteiger charge is -2.12. The van der Waals surface area contributed by atoms with E-state index in [0.29, 0.717) is 5.01 Å². The van der Waals surface area contributed by atoms with Crippen LogP contribution >= 0.6 is 11.3 Å². The normalized spacial score (nSPS) is 11.8. The number of hydrogen-bond donors (Lipinski definition) is 0. The molecule has 0 amide bonds. The molecule has 0 atom stereocenters. The monoisotopic (exact) mass is 309 g/mol. The van der Waals surface area contributed by atoms with E-state index in [1.807, 2.05) is 5.38 Å². The molecule has 2 rings (SSSR count). The fourth-order valence-corrected chi connectivity index (χ4v) is 4.21. The number of nitrogens with zero attached hydrogens (tertiary/aromatic N) is 1. The zero-order chi connectivity index (χ0) is 15.1. The Labute approximate surface area is 124 Å². The molecule has 5 heteroatoms.